The standard InChI is InChI=1S/C30H45N3O4/c1-7-13-25(35)16-17-26(24(5)34)33-27-14-12-15-28(29(27)31(6)30(33)36)37-22-11-10-20-32(19-8-2)21-18-23(4)9-3/h12,14-15,23,26H,7-9,13,16-22H2,1-6H3. The lowest BCUT2D eigenvalue weighted by Gasteiger charge is -2.20. The zero-order valence-electron chi connectivity index (χ0n) is 23.6. The molecule has 0 saturated carbocycles. The van der Waals surface area contributed by atoms with Gasteiger partial charge in [-0.1, -0.05) is 52.0 Å². The van der Waals surface area contributed by atoms with E-state index >= 15 is 0 Å². The van der Waals surface area contributed by atoms with Gasteiger partial charge in [0.05, 0.1) is 18.1 Å². The maximum Gasteiger partial charge on any atom is 0.329 e. The van der Waals surface area contributed by atoms with Crippen LogP contribution in [0.2, 0.25) is 0 Å². The lowest BCUT2D eigenvalue weighted by molar-refractivity contribution is -0.121. The van der Waals surface area contributed by atoms with Crippen LogP contribution < -0.4 is 10.4 Å². The fourth-order valence-corrected chi connectivity index (χ4v) is 4.56. The summed E-state index contributed by atoms with van der Waals surface area (Å²) >= 11 is 0. The van der Waals surface area contributed by atoms with Gasteiger partial charge in [0.2, 0.25) is 0 Å². The van der Waals surface area contributed by atoms with Crippen LogP contribution in [0, 0.1) is 17.8 Å². The number of ketones is 2. The molecule has 37 heavy (non-hydrogen) atoms. The number of para-hydroxylation sites is 1. The minimum atomic E-state index is -0.688. The number of aromatic nitrogens is 2. The molecule has 7 nitrogen and oxygen atoms in total. The Kier molecular flexibility index (Phi) is 12.7. The van der Waals surface area contributed by atoms with Crippen LogP contribution in [-0.4, -0.2) is 51.8 Å². The zero-order valence-corrected chi connectivity index (χ0v) is 23.6. The van der Waals surface area contributed by atoms with Crippen LogP contribution in [0.1, 0.15) is 85.6 Å². The first-order chi connectivity index (χ1) is 17.7. The van der Waals surface area contributed by atoms with Gasteiger partial charge in [0.15, 0.2) is 5.78 Å². The van der Waals surface area contributed by atoms with Crippen molar-refractivity contribution in [1.29, 1.82) is 0 Å². The van der Waals surface area contributed by atoms with Crippen molar-refractivity contribution < 1.29 is 14.3 Å². The number of rotatable bonds is 16. The van der Waals surface area contributed by atoms with Gasteiger partial charge in [0, 0.05) is 19.9 Å². The van der Waals surface area contributed by atoms with Gasteiger partial charge in [0.1, 0.15) is 23.7 Å². The molecule has 2 rings (SSSR count). The summed E-state index contributed by atoms with van der Waals surface area (Å²) in [5.74, 6) is 7.59. The van der Waals surface area contributed by atoms with E-state index in [-0.39, 0.29) is 30.3 Å². The maximum absolute atomic E-state index is 13.2. The van der Waals surface area contributed by atoms with Crippen molar-refractivity contribution in [1.82, 2.24) is 14.0 Å². The molecule has 0 aliphatic rings. The van der Waals surface area contributed by atoms with E-state index in [1.54, 1.807) is 7.05 Å². The molecule has 0 bridgehead atoms. The summed E-state index contributed by atoms with van der Waals surface area (Å²) < 4.78 is 9.01. The third-order valence-corrected chi connectivity index (χ3v) is 6.97. The molecule has 1 heterocycles. The highest BCUT2D eigenvalue weighted by Crippen LogP contribution is 2.28. The summed E-state index contributed by atoms with van der Waals surface area (Å²) in [6.45, 7) is 13.1. The monoisotopic (exact) mass is 511 g/mol. The van der Waals surface area contributed by atoms with Crippen molar-refractivity contribution in [2.45, 2.75) is 85.6 Å². The Labute approximate surface area is 222 Å². The van der Waals surface area contributed by atoms with Crippen molar-refractivity contribution in [3.8, 4) is 17.6 Å². The Hall–Kier alpha value is -2.85. The third kappa shape index (κ3) is 8.60. The normalized spacial score (nSPS) is 12.8. The first-order valence-electron chi connectivity index (χ1n) is 13.8. The highest BCUT2D eigenvalue weighted by molar-refractivity contribution is 5.87. The van der Waals surface area contributed by atoms with Crippen LogP contribution >= 0.6 is 0 Å². The van der Waals surface area contributed by atoms with E-state index in [1.807, 2.05) is 25.1 Å². The van der Waals surface area contributed by atoms with Crippen molar-refractivity contribution >= 4 is 22.6 Å². The molecule has 204 valence electrons. The summed E-state index contributed by atoms with van der Waals surface area (Å²) in [6.07, 6.45) is 5.32. The fraction of sp³-hybridized carbons (Fsp3) is 0.633. The van der Waals surface area contributed by atoms with E-state index in [1.165, 1.54) is 28.9 Å². The molecule has 2 unspecified atom stereocenters. The number of hydrogen-bond donors (Lipinski definition) is 0. The highest BCUT2D eigenvalue weighted by atomic mass is 16.5. The number of ether oxygens (including phenoxy) is 1. The van der Waals surface area contributed by atoms with Crippen LogP contribution in [-0.2, 0) is 16.6 Å². The number of carbonyl (C=O) groups excluding carboxylic acids is 2. The number of aryl methyl sites for hydroxylation is 1. The van der Waals surface area contributed by atoms with Crippen LogP contribution in [0.4, 0.5) is 0 Å². The second-order valence-corrected chi connectivity index (χ2v) is 10.0. The molecule has 2 atom stereocenters. The van der Waals surface area contributed by atoms with Crippen molar-refractivity contribution in [3.05, 3.63) is 28.7 Å². The van der Waals surface area contributed by atoms with Crippen molar-refractivity contribution in [2.24, 2.45) is 13.0 Å². The maximum atomic E-state index is 13.2. The summed E-state index contributed by atoms with van der Waals surface area (Å²) in [6, 6.07) is 4.76. The number of Topliss-reactive ketones (excluding diaryl/α,β-unsaturated/α-hetero) is 2. The molecular weight excluding hydrogens is 466 g/mol. The largest absolute Gasteiger partial charge is 0.479 e. The Balaban J connectivity index is 2.18. The van der Waals surface area contributed by atoms with Gasteiger partial charge >= 0.3 is 5.69 Å². The SMILES string of the molecule is CCCC(=O)CCC(C(C)=O)n1c(=O)n(C)c2c(OCC#CCN(CCC)CCC(C)CC)cccc21. The Morgan fingerprint density at radius 3 is 2.46 bits per heavy atom. The van der Waals surface area contributed by atoms with Gasteiger partial charge < -0.3 is 4.74 Å². The van der Waals surface area contributed by atoms with Gasteiger partial charge in [0.25, 0.3) is 0 Å². The van der Waals surface area contributed by atoms with Gasteiger partial charge in [-0.25, -0.2) is 4.79 Å². The summed E-state index contributed by atoms with van der Waals surface area (Å²) in [7, 11) is 1.68. The first kappa shape index (κ1) is 30.4. The molecule has 0 saturated heterocycles. The number of carbonyl (C=O) groups is 2. The van der Waals surface area contributed by atoms with E-state index in [2.05, 4.69) is 37.5 Å². The molecule has 0 spiro atoms. The molecule has 1 aromatic carbocycles. The lowest BCUT2D eigenvalue weighted by atomic mass is 10.0. The summed E-state index contributed by atoms with van der Waals surface area (Å²) in [5, 5.41) is 0. The van der Waals surface area contributed by atoms with Gasteiger partial charge in [-0.3, -0.25) is 23.6 Å². The molecule has 0 aliphatic carbocycles. The van der Waals surface area contributed by atoms with Crippen LogP contribution in [0.3, 0.4) is 0 Å². The molecule has 0 amide bonds. The lowest BCUT2D eigenvalue weighted by Crippen LogP contribution is -2.30. The Morgan fingerprint density at radius 2 is 1.81 bits per heavy atom. The molecule has 0 radical (unpaired) electrons. The number of fused-ring (bicyclic) bond motifs is 1. The van der Waals surface area contributed by atoms with Gasteiger partial charge in [-0.15, -0.1) is 0 Å². The number of hydrogen-bond acceptors (Lipinski definition) is 5. The minimum absolute atomic E-state index is 0.113. The van der Waals surface area contributed by atoms with E-state index in [9.17, 15) is 14.4 Å². The Bertz CT molecular complexity index is 1150. The predicted molar refractivity (Wildman–Crippen MR) is 150 cm³/mol. The molecule has 2 aromatic rings. The highest BCUT2D eigenvalue weighted by Gasteiger charge is 2.25. The third-order valence-electron chi connectivity index (χ3n) is 6.97. The second-order valence-electron chi connectivity index (χ2n) is 10.0. The first-order valence-corrected chi connectivity index (χ1v) is 13.8. The molecule has 1 aromatic heterocycles. The van der Waals surface area contributed by atoms with Crippen LogP contribution in [0.25, 0.3) is 11.0 Å². The van der Waals surface area contributed by atoms with Gasteiger partial charge in [-0.2, -0.15) is 0 Å². The Morgan fingerprint density at radius 1 is 1.05 bits per heavy atom. The molecule has 0 fully saturated rings. The van der Waals surface area contributed by atoms with Crippen molar-refractivity contribution in [2.75, 3.05) is 26.2 Å². The van der Waals surface area contributed by atoms with Crippen molar-refractivity contribution in [3.63, 3.8) is 0 Å². The van der Waals surface area contributed by atoms with Crippen LogP contribution in [0.5, 0.6) is 5.75 Å². The molecule has 0 aliphatic heterocycles. The van der Waals surface area contributed by atoms with Crippen LogP contribution in [0.15, 0.2) is 23.0 Å². The zero-order chi connectivity index (χ0) is 27.4. The average Bonchev–Trinajstić information content (AvgIpc) is 3.12. The predicted octanol–water partition coefficient (Wildman–Crippen LogP) is 5.15. The van der Waals surface area contributed by atoms with Gasteiger partial charge in [-0.05, 0) is 63.7 Å². The van der Waals surface area contributed by atoms with E-state index < -0.39 is 6.04 Å². The molecular formula is C30H45N3O4. The van der Waals surface area contributed by atoms with E-state index in [0.29, 0.717) is 36.2 Å². The second kappa shape index (κ2) is 15.4. The smallest absolute Gasteiger partial charge is 0.329 e. The fourth-order valence-electron chi connectivity index (χ4n) is 4.56. The number of imidazole rings is 1. The minimum Gasteiger partial charge on any atom is -0.479 e. The summed E-state index contributed by atoms with van der Waals surface area (Å²) in [5.41, 5.74) is 0.957. The number of nitrogens with zero attached hydrogens (tertiary/aromatic N) is 3. The molecule has 0 N–H and O–H groups in total. The van der Waals surface area contributed by atoms with E-state index in [0.717, 1.165) is 31.8 Å². The molecule has 7 heteroatoms. The topological polar surface area (TPSA) is 73.5 Å². The average molecular weight is 512 g/mol. The van der Waals surface area contributed by atoms with E-state index in [4.69, 9.17) is 4.74 Å². The quantitative estimate of drug-likeness (QED) is 0.292. The summed E-state index contributed by atoms with van der Waals surface area (Å²) in [4.78, 5) is 40.2. The number of benzene rings is 1.